The van der Waals surface area contributed by atoms with Crippen LogP contribution < -0.4 is 5.43 Å². The highest BCUT2D eigenvalue weighted by Crippen LogP contribution is 2.47. The third-order valence-corrected chi connectivity index (χ3v) is 3.67. The maximum atomic E-state index is 12.0. The third kappa shape index (κ3) is 3.11. The first-order chi connectivity index (χ1) is 10.3. The molecule has 1 aliphatic carbocycles. The number of nitrogens with one attached hydrogen (secondary N) is 1. The van der Waals surface area contributed by atoms with Gasteiger partial charge in [0.05, 0.1) is 6.21 Å². The van der Waals surface area contributed by atoms with Crippen LogP contribution in [0.4, 0.5) is 0 Å². The van der Waals surface area contributed by atoms with Gasteiger partial charge in [-0.15, -0.1) is 0 Å². The lowest BCUT2D eigenvalue weighted by Gasteiger charge is -2.00. The molecular weight excluding hydrogens is 264 g/mol. The molecule has 2 aromatic carbocycles. The van der Waals surface area contributed by atoms with E-state index in [9.17, 15) is 9.90 Å². The number of carbonyl (C=O) groups excluding carboxylic acids is 1. The molecule has 4 heteroatoms. The van der Waals surface area contributed by atoms with Crippen molar-refractivity contribution in [2.75, 3.05) is 0 Å². The van der Waals surface area contributed by atoms with E-state index in [4.69, 9.17) is 0 Å². The molecule has 3 rings (SSSR count). The average Bonchev–Trinajstić information content (AvgIpc) is 3.31. The standard InChI is InChI=1S/C17H16N2O2/c20-16-9-5-4-8-13(16)11-18-19-17(21)15-10-14(15)12-6-2-1-3-7-12/h1-9,11,14-15,20H,10H2,(H,19,21)/b18-11+/t14-,15+/m0/s1. The van der Waals surface area contributed by atoms with Crippen LogP contribution in [-0.2, 0) is 4.79 Å². The Morgan fingerprint density at radius 3 is 2.62 bits per heavy atom. The van der Waals surface area contributed by atoms with Crippen molar-refractivity contribution in [1.82, 2.24) is 5.43 Å². The fraction of sp³-hybridized carbons (Fsp3) is 0.176. The van der Waals surface area contributed by atoms with Crippen molar-refractivity contribution in [1.29, 1.82) is 0 Å². The van der Waals surface area contributed by atoms with E-state index in [0.29, 0.717) is 11.5 Å². The maximum absolute atomic E-state index is 12.0. The summed E-state index contributed by atoms with van der Waals surface area (Å²) < 4.78 is 0. The normalized spacial score (nSPS) is 20.4. The van der Waals surface area contributed by atoms with Gasteiger partial charge in [0.25, 0.3) is 0 Å². The summed E-state index contributed by atoms with van der Waals surface area (Å²) in [6, 6.07) is 16.9. The van der Waals surface area contributed by atoms with Crippen LogP contribution in [0.15, 0.2) is 59.7 Å². The van der Waals surface area contributed by atoms with Gasteiger partial charge in [-0.25, -0.2) is 5.43 Å². The first-order valence-electron chi connectivity index (χ1n) is 6.91. The summed E-state index contributed by atoms with van der Waals surface area (Å²) in [7, 11) is 0. The topological polar surface area (TPSA) is 61.7 Å². The second kappa shape index (κ2) is 5.79. The zero-order valence-electron chi connectivity index (χ0n) is 11.4. The van der Waals surface area contributed by atoms with Gasteiger partial charge in [0.2, 0.25) is 5.91 Å². The number of benzene rings is 2. The summed E-state index contributed by atoms with van der Waals surface area (Å²) in [6.45, 7) is 0. The molecule has 2 aromatic rings. The minimum Gasteiger partial charge on any atom is -0.507 e. The number of hydrazone groups is 1. The molecule has 0 heterocycles. The lowest BCUT2D eigenvalue weighted by atomic mass is 10.1. The van der Waals surface area contributed by atoms with Gasteiger partial charge < -0.3 is 5.11 Å². The fourth-order valence-electron chi connectivity index (χ4n) is 2.40. The lowest BCUT2D eigenvalue weighted by molar-refractivity contribution is -0.122. The molecule has 0 bridgehead atoms. The van der Waals surface area contributed by atoms with Crippen LogP contribution in [0.3, 0.4) is 0 Å². The Labute approximate surface area is 123 Å². The minimum absolute atomic E-state index is 0.00563. The molecule has 106 valence electrons. The van der Waals surface area contributed by atoms with Crippen LogP contribution >= 0.6 is 0 Å². The minimum atomic E-state index is -0.0736. The highest BCUT2D eigenvalue weighted by atomic mass is 16.3. The molecule has 1 aliphatic rings. The Morgan fingerprint density at radius 1 is 1.14 bits per heavy atom. The number of rotatable bonds is 4. The molecule has 0 radical (unpaired) electrons. The van der Waals surface area contributed by atoms with Crippen LogP contribution in [0.5, 0.6) is 5.75 Å². The Balaban J connectivity index is 1.56. The zero-order chi connectivity index (χ0) is 14.7. The van der Waals surface area contributed by atoms with E-state index >= 15 is 0 Å². The molecule has 0 aliphatic heterocycles. The number of phenolic OH excluding ortho intramolecular Hbond substituents is 1. The number of hydrogen-bond donors (Lipinski definition) is 2. The quantitative estimate of drug-likeness (QED) is 0.668. The number of hydrogen-bond acceptors (Lipinski definition) is 3. The van der Waals surface area contributed by atoms with Crippen molar-refractivity contribution in [3.8, 4) is 5.75 Å². The van der Waals surface area contributed by atoms with E-state index < -0.39 is 0 Å². The van der Waals surface area contributed by atoms with Crippen LogP contribution in [0, 0.1) is 5.92 Å². The predicted octanol–water partition coefficient (Wildman–Crippen LogP) is 2.65. The van der Waals surface area contributed by atoms with Gasteiger partial charge in [-0.1, -0.05) is 42.5 Å². The number of nitrogens with zero attached hydrogens (tertiary/aromatic N) is 1. The molecule has 4 nitrogen and oxygen atoms in total. The van der Waals surface area contributed by atoms with Crippen LogP contribution in [-0.4, -0.2) is 17.2 Å². The summed E-state index contributed by atoms with van der Waals surface area (Å²) in [6.07, 6.45) is 2.31. The lowest BCUT2D eigenvalue weighted by Crippen LogP contribution is -2.20. The van der Waals surface area contributed by atoms with Gasteiger partial charge in [-0.2, -0.15) is 5.10 Å². The van der Waals surface area contributed by atoms with Crippen molar-refractivity contribution in [3.05, 3.63) is 65.7 Å². The van der Waals surface area contributed by atoms with Crippen LogP contribution in [0.2, 0.25) is 0 Å². The number of carbonyl (C=O) groups is 1. The maximum Gasteiger partial charge on any atom is 0.243 e. The van der Waals surface area contributed by atoms with Crippen molar-refractivity contribution in [2.24, 2.45) is 11.0 Å². The molecule has 0 spiro atoms. The smallest absolute Gasteiger partial charge is 0.243 e. The largest absolute Gasteiger partial charge is 0.507 e. The fourth-order valence-corrected chi connectivity index (χ4v) is 2.40. The van der Waals surface area contributed by atoms with Crippen LogP contribution in [0.25, 0.3) is 0 Å². The van der Waals surface area contributed by atoms with Crippen molar-refractivity contribution < 1.29 is 9.90 Å². The number of aromatic hydroxyl groups is 1. The van der Waals surface area contributed by atoms with Crippen molar-refractivity contribution in [3.63, 3.8) is 0 Å². The monoisotopic (exact) mass is 280 g/mol. The molecule has 0 saturated heterocycles. The first kappa shape index (κ1) is 13.4. The summed E-state index contributed by atoms with van der Waals surface area (Å²) in [5.74, 6) is 0.361. The Kier molecular flexibility index (Phi) is 3.69. The Bertz CT molecular complexity index is 668. The predicted molar refractivity (Wildman–Crippen MR) is 81.1 cm³/mol. The highest BCUT2D eigenvalue weighted by molar-refractivity contribution is 5.86. The summed E-state index contributed by atoms with van der Waals surface area (Å²) in [5.41, 5.74) is 4.31. The molecule has 0 aromatic heterocycles. The molecular formula is C17H16N2O2. The van der Waals surface area contributed by atoms with E-state index in [1.165, 1.54) is 11.8 Å². The van der Waals surface area contributed by atoms with Crippen LogP contribution in [0.1, 0.15) is 23.5 Å². The molecule has 0 unspecified atom stereocenters. The van der Waals surface area contributed by atoms with Gasteiger partial charge >= 0.3 is 0 Å². The highest BCUT2D eigenvalue weighted by Gasteiger charge is 2.43. The van der Waals surface area contributed by atoms with Gasteiger partial charge in [0.15, 0.2) is 0 Å². The van der Waals surface area contributed by atoms with Gasteiger partial charge in [0.1, 0.15) is 5.75 Å². The van der Waals surface area contributed by atoms with Gasteiger partial charge in [-0.05, 0) is 30.0 Å². The van der Waals surface area contributed by atoms with E-state index in [2.05, 4.69) is 10.5 Å². The molecule has 2 atom stereocenters. The first-order valence-corrected chi connectivity index (χ1v) is 6.91. The average molecular weight is 280 g/mol. The molecule has 1 saturated carbocycles. The van der Waals surface area contributed by atoms with E-state index in [0.717, 1.165) is 6.42 Å². The van der Waals surface area contributed by atoms with E-state index in [1.807, 2.05) is 30.3 Å². The SMILES string of the molecule is O=C(N/N=C/c1ccccc1O)[C@@H]1C[C@H]1c1ccccc1. The third-order valence-electron chi connectivity index (χ3n) is 3.67. The zero-order valence-corrected chi connectivity index (χ0v) is 11.4. The molecule has 21 heavy (non-hydrogen) atoms. The summed E-state index contributed by atoms with van der Waals surface area (Å²) in [5, 5.41) is 13.5. The Morgan fingerprint density at radius 2 is 1.86 bits per heavy atom. The van der Waals surface area contributed by atoms with Gasteiger partial charge in [0, 0.05) is 11.5 Å². The molecule has 1 fully saturated rings. The Hall–Kier alpha value is -2.62. The van der Waals surface area contributed by atoms with Crippen molar-refractivity contribution >= 4 is 12.1 Å². The van der Waals surface area contributed by atoms with Crippen molar-refractivity contribution in [2.45, 2.75) is 12.3 Å². The summed E-state index contributed by atoms with van der Waals surface area (Å²) >= 11 is 0. The number of para-hydroxylation sites is 1. The van der Waals surface area contributed by atoms with E-state index in [1.54, 1.807) is 24.3 Å². The second-order valence-electron chi connectivity index (χ2n) is 5.15. The molecule has 2 N–H and O–H groups in total. The summed E-state index contributed by atoms with van der Waals surface area (Å²) in [4.78, 5) is 12.0. The van der Waals surface area contributed by atoms with Gasteiger partial charge in [-0.3, -0.25) is 4.79 Å². The second-order valence-corrected chi connectivity index (χ2v) is 5.15. The number of phenols is 1. The van der Waals surface area contributed by atoms with E-state index in [-0.39, 0.29) is 17.6 Å². The molecule has 1 amide bonds. The number of amides is 1.